The van der Waals surface area contributed by atoms with Crippen LogP contribution in [0.3, 0.4) is 0 Å². The standard InChI is InChI=1S/C9H10O2.H2O/c1-2-11-9(10)8-6-4-3-5-7-8;/h3-7H,2H2,1H3;1H2. The molecule has 0 radical (unpaired) electrons. The summed E-state index contributed by atoms with van der Waals surface area (Å²) in [6.45, 7) is 2.22. The van der Waals surface area contributed by atoms with Gasteiger partial charge in [-0.1, -0.05) is 18.2 Å². The van der Waals surface area contributed by atoms with Gasteiger partial charge < -0.3 is 10.2 Å². The third kappa shape index (κ3) is 2.72. The normalized spacial score (nSPS) is 8.42. The largest absolute Gasteiger partial charge is 0.462 e. The van der Waals surface area contributed by atoms with Gasteiger partial charge in [0.2, 0.25) is 0 Å². The van der Waals surface area contributed by atoms with Crippen molar-refractivity contribution in [3.63, 3.8) is 0 Å². The summed E-state index contributed by atoms with van der Waals surface area (Å²) in [4.78, 5) is 11.0. The van der Waals surface area contributed by atoms with E-state index in [9.17, 15) is 4.79 Å². The maximum atomic E-state index is 11.0. The van der Waals surface area contributed by atoms with Crippen LogP contribution in [0.15, 0.2) is 30.3 Å². The van der Waals surface area contributed by atoms with E-state index in [2.05, 4.69) is 0 Å². The van der Waals surface area contributed by atoms with Gasteiger partial charge in [-0.25, -0.2) is 4.79 Å². The molecule has 66 valence electrons. The van der Waals surface area contributed by atoms with E-state index in [1.54, 1.807) is 19.1 Å². The van der Waals surface area contributed by atoms with E-state index in [0.717, 1.165) is 0 Å². The minimum atomic E-state index is -0.256. The van der Waals surface area contributed by atoms with E-state index in [0.29, 0.717) is 12.2 Å². The van der Waals surface area contributed by atoms with Crippen LogP contribution in [0.1, 0.15) is 17.3 Å². The van der Waals surface area contributed by atoms with Crippen molar-refractivity contribution in [2.45, 2.75) is 6.92 Å². The molecule has 0 unspecified atom stereocenters. The SMILES string of the molecule is CCOC(=O)c1ccccc1.O. The maximum absolute atomic E-state index is 11.0. The van der Waals surface area contributed by atoms with E-state index in [4.69, 9.17) is 4.74 Å². The number of carbonyl (C=O) groups is 1. The van der Waals surface area contributed by atoms with Crippen LogP contribution in [0.5, 0.6) is 0 Å². The second-order valence-electron chi connectivity index (χ2n) is 2.09. The van der Waals surface area contributed by atoms with Crippen LogP contribution >= 0.6 is 0 Å². The van der Waals surface area contributed by atoms with Crippen molar-refractivity contribution in [2.24, 2.45) is 0 Å². The van der Waals surface area contributed by atoms with Gasteiger partial charge in [-0.05, 0) is 19.1 Å². The Kier molecular flexibility index (Phi) is 4.72. The molecule has 0 amide bonds. The smallest absolute Gasteiger partial charge is 0.338 e. The minimum absolute atomic E-state index is 0. The molecule has 0 heterocycles. The van der Waals surface area contributed by atoms with Crippen molar-refractivity contribution in [2.75, 3.05) is 6.61 Å². The van der Waals surface area contributed by atoms with Crippen LogP contribution in [0.4, 0.5) is 0 Å². The number of benzene rings is 1. The van der Waals surface area contributed by atoms with Crippen LogP contribution in [0, 0.1) is 0 Å². The molecule has 1 aromatic rings. The van der Waals surface area contributed by atoms with Crippen molar-refractivity contribution >= 4 is 5.97 Å². The molecule has 2 N–H and O–H groups in total. The fraction of sp³-hybridized carbons (Fsp3) is 0.222. The van der Waals surface area contributed by atoms with Gasteiger partial charge in [0.15, 0.2) is 0 Å². The van der Waals surface area contributed by atoms with Crippen LogP contribution < -0.4 is 0 Å². The van der Waals surface area contributed by atoms with E-state index < -0.39 is 0 Å². The molecule has 12 heavy (non-hydrogen) atoms. The number of hydrogen-bond acceptors (Lipinski definition) is 2. The molecule has 0 aliphatic rings. The van der Waals surface area contributed by atoms with Crippen LogP contribution in [0.25, 0.3) is 0 Å². The summed E-state index contributed by atoms with van der Waals surface area (Å²) in [6, 6.07) is 8.96. The summed E-state index contributed by atoms with van der Waals surface area (Å²) in [5, 5.41) is 0. The monoisotopic (exact) mass is 168 g/mol. The van der Waals surface area contributed by atoms with Gasteiger partial charge in [0.05, 0.1) is 12.2 Å². The summed E-state index contributed by atoms with van der Waals surface area (Å²) in [6.07, 6.45) is 0. The third-order valence-corrected chi connectivity index (χ3v) is 1.28. The highest BCUT2D eigenvalue weighted by Gasteiger charge is 2.02. The summed E-state index contributed by atoms with van der Waals surface area (Å²) < 4.78 is 4.79. The lowest BCUT2D eigenvalue weighted by molar-refractivity contribution is 0.0526. The Morgan fingerprint density at radius 1 is 1.33 bits per heavy atom. The molecule has 0 aliphatic heterocycles. The Hall–Kier alpha value is -1.35. The zero-order chi connectivity index (χ0) is 8.10. The number of carbonyl (C=O) groups excluding carboxylic acids is 1. The fourth-order valence-corrected chi connectivity index (χ4v) is 0.789. The molecular weight excluding hydrogens is 156 g/mol. The topological polar surface area (TPSA) is 57.8 Å². The Bertz CT molecular complexity index is 231. The summed E-state index contributed by atoms with van der Waals surface area (Å²) in [5.74, 6) is -0.256. The lowest BCUT2D eigenvalue weighted by Gasteiger charge is -1.99. The average Bonchev–Trinajstić information content (AvgIpc) is 2.07. The molecule has 0 atom stereocenters. The van der Waals surface area contributed by atoms with Gasteiger partial charge in [-0.15, -0.1) is 0 Å². The molecule has 1 rings (SSSR count). The highest BCUT2D eigenvalue weighted by Crippen LogP contribution is 1.99. The van der Waals surface area contributed by atoms with E-state index in [1.165, 1.54) is 0 Å². The Morgan fingerprint density at radius 2 is 1.92 bits per heavy atom. The van der Waals surface area contributed by atoms with Crippen LogP contribution in [-0.2, 0) is 4.74 Å². The molecule has 0 aromatic heterocycles. The first-order valence-corrected chi connectivity index (χ1v) is 3.56. The Labute approximate surface area is 71.3 Å². The summed E-state index contributed by atoms with van der Waals surface area (Å²) in [7, 11) is 0. The molecule has 0 bridgehead atoms. The molecule has 3 heteroatoms. The number of ether oxygens (including phenoxy) is 1. The Balaban J connectivity index is 0.00000121. The van der Waals surface area contributed by atoms with Crippen LogP contribution in [0.2, 0.25) is 0 Å². The second-order valence-corrected chi connectivity index (χ2v) is 2.09. The van der Waals surface area contributed by atoms with Crippen molar-refractivity contribution < 1.29 is 15.0 Å². The quantitative estimate of drug-likeness (QED) is 0.619. The summed E-state index contributed by atoms with van der Waals surface area (Å²) >= 11 is 0. The van der Waals surface area contributed by atoms with Gasteiger partial charge in [0.25, 0.3) is 0 Å². The Morgan fingerprint density at radius 3 is 2.42 bits per heavy atom. The van der Waals surface area contributed by atoms with E-state index in [1.807, 2.05) is 18.2 Å². The highest BCUT2D eigenvalue weighted by atomic mass is 16.5. The number of rotatable bonds is 2. The first-order chi connectivity index (χ1) is 5.34. The van der Waals surface area contributed by atoms with Gasteiger partial charge >= 0.3 is 5.97 Å². The predicted molar refractivity (Wildman–Crippen MR) is 46.0 cm³/mol. The minimum Gasteiger partial charge on any atom is -0.462 e. The number of esters is 1. The third-order valence-electron chi connectivity index (χ3n) is 1.28. The molecule has 0 saturated carbocycles. The number of hydrogen-bond donors (Lipinski definition) is 0. The molecule has 0 fully saturated rings. The average molecular weight is 168 g/mol. The molecule has 0 spiro atoms. The van der Waals surface area contributed by atoms with Crippen LogP contribution in [-0.4, -0.2) is 18.1 Å². The second kappa shape index (κ2) is 5.32. The molecular formula is C9H12O3. The first kappa shape index (κ1) is 10.7. The fourth-order valence-electron chi connectivity index (χ4n) is 0.789. The van der Waals surface area contributed by atoms with Crippen molar-refractivity contribution in [3.05, 3.63) is 35.9 Å². The van der Waals surface area contributed by atoms with Gasteiger partial charge in [-0.2, -0.15) is 0 Å². The lowest BCUT2D eigenvalue weighted by Crippen LogP contribution is -2.03. The lowest BCUT2D eigenvalue weighted by atomic mass is 10.2. The van der Waals surface area contributed by atoms with E-state index in [-0.39, 0.29) is 11.4 Å². The van der Waals surface area contributed by atoms with Gasteiger partial charge in [0.1, 0.15) is 0 Å². The zero-order valence-electron chi connectivity index (χ0n) is 6.91. The highest BCUT2D eigenvalue weighted by molar-refractivity contribution is 5.89. The van der Waals surface area contributed by atoms with E-state index >= 15 is 0 Å². The molecule has 3 nitrogen and oxygen atoms in total. The molecule has 0 saturated heterocycles. The predicted octanol–water partition coefficient (Wildman–Crippen LogP) is 1.04. The van der Waals surface area contributed by atoms with Gasteiger partial charge in [0, 0.05) is 0 Å². The molecule has 0 aliphatic carbocycles. The van der Waals surface area contributed by atoms with Crippen molar-refractivity contribution in [3.8, 4) is 0 Å². The first-order valence-electron chi connectivity index (χ1n) is 3.56. The van der Waals surface area contributed by atoms with Crippen molar-refractivity contribution in [1.29, 1.82) is 0 Å². The molecule has 1 aromatic carbocycles. The zero-order valence-corrected chi connectivity index (χ0v) is 6.91. The maximum Gasteiger partial charge on any atom is 0.338 e. The van der Waals surface area contributed by atoms with Gasteiger partial charge in [-0.3, -0.25) is 0 Å². The summed E-state index contributed by atoms with van der Waals surface area (Å²) in [5.41, 5.74) is 0.606. The van der Waals surface area contributed by atoms with Crippen molar-refractivity contribution in [1.82, 2.24) is 0 Å².